The first-order valence-electron chi connectivity index (χ1n) is 10.6. The molecule has 156 valence electrons. The van der Waals surface area contributed by atoms with Crippen LogP contribution in [-0.2, 0) is 6.54 Å². The van der Waals surface area contributed by atoms with E-state index in [-0.39, 0.29) is 0 Å². The van der Waals surface area contributed by atoms with E-state index in [4.69, 9.17) is 4.98 Å². The number of aryl methyl sites for hydroxylation is 1. The molecule has 0 amide bonds. The molecule has 0 radical (unpaired) electrons. The molecule has 0 atom stereocenters. The van der Waals surface area contributed by atoms with Crippen LogP contribution in [0.25, 0.3) is 27.3 Å². The number of nitrogens with one attached hydrogen (secondary N) is 1. The summed E-state index contributed by atoms with van der Waals surface area (Å²) in [4.78, 5) is 17.0. The lowest BCUT2D eigenvalue weighted by atomic mass is 9.83. The van der Waals surface area contributed by atoms with Crippen molar-refractivity contribution in [3.8, 4) is 11.3 Å². The van der Waals surface area contributed by atoms with Crippen LogP contribution in [0.3, 0.4) is 0 Å². The number of likely N-dealkylation sites (tertiary alicyclic amines) is 1. The van der Waals surface area contributed by atoms with Crippen LogP contribution >= 0.6 is 23.1 Å². The second-order valence-electron chi connectivity index (χ2n) is 9.31. The molecule has 30 heavy (non-hydrogen) atoms. The second kappa shape index (κ2) is 6.55. The standard InChI is InChI=1S/C22H26N6S2/c1-12(2)17-18(15-5-28-20(23-11-24-28)14(4)13(15)3)26-21-19(17)25-16(30-21)6-27-7-22(8-27)9-29-10-22/h5,11-12,26H,6-10H2,1-4H3. The van der Waals surface area contributed by atoms with Gasteiger partial charge in [-0.25, -0.2) is 14.5 Å². The number of hydrogen-bond acceptors (Lipinski definition) is 6. The Hall–Kier alpha value is -1.90. The van der Waals surface area contributed by atoms with Crippen molar-refractivity contribution in [1.29, 1.82) is 0 Å². The number of nitrogens with zero attached hydrogens (tertiary/aromatic N) is 5. The first-order valence-corrected chi connectivity index (χ1v) is 12.5. The van der Waals surface area contributed by atoms with Crippen LogP contribution in [-0.4, -0.2) is 54.1 Å². The smallest absolute Gasteiger partial charge is 0.158 e. The predicted octanol–water partition coefficient (Wildman–Crippen LogP) is 4.62. The third kappa shape index (κ3) is 2.70. The molecular formula is C22H26N6S2. The molecular weight excluding hydrogens is 412 g/mol. The molecule has 1 N–H and O–H groups in total. The van der Waals surface area contributed by atoms with Crippen LogP contribution in [0.1, 0.15) is 41.5 Å². The van der Waals surface area contributed by atoms with Gasteiger partial charge in [0.15, 0.2) is 5.65 Å². The fourth-order valence-electron chi connectivity index (χ4n) is 5.01. The van der Waals surface area contributed by atoms with Gasteiger partial charge in [-0.05, 0) is 30.9 Å². The minimum Gasteiger partial charge on any atom is -0.345 e. The number of fused-ring (bicyclic) bond motifs is 2. The lowest BCUT2D eigenvalue weighted by molar-refractivity contribution is 0.0232. The quantitative estimate of drug-likeness (QED) is 0.504. The fourth-order valence-corrected chi connectivity index (χ4v) is 7.18. The summed E-state index contributed by atoms with van der Waals surface area (Å²) in [5, 5.41) is 5.61. The van der Waals surface area contributed by atoms with E-state index >= 15 is 0 Å². The van der Waals surface area contributed by atoms with Gasteiger partial charge in [0.1, 0.15) is 21.7 Å². The Morgan fingerprint density at radius 2 is 2.00 bits per heavy atom. The molecule has 4 aromatic heterocycles. The SMILES string of the molecule is Cc1c(-c2[nH]c3sc(CN4CC5(CSC5)C4)nc3c2C(C)C)cn2ncnc2c1C. The maximum absolute atomic E-state index is 5.10. The van der Waals surface area contributed by atoms with Crippen LogP contribution in [0, 0.1) is 19.3 Å². The van der Waals surface area contributed by atoms with Gasteiger partial charge in [-0.2, -0.15) is 16.9 Å². The number of aromatic amines is 1. The largest absolute Gasteiger partial charge is 0.345 e. The van der Waals surface area contributed by atoms with Crippen molar-refractivity contribution in [2.24, 2.45) is 5.41 Å². The molecule has 8 heteroatoms. The highest BCUT2D eigenvalue weighted by Gasteiger charge is 2.47. The Labute approximate surface area is 184 Å². The number of rotatable bonds is 4. The number of hydrogen-bond donors (Lipinski definition) is 1. The molecule has 0 aromatic carbocycles. The zero-order valence-corrected chi connectivity index (χ0v) is 19.5. The number of H-pyrrole nitrogens is 1. The Balaban J connectivity index is 1.39. The third-order valence-electron chi connectivity index (χ3n) is 6.70. The summed E-state index contributed by atoms with van der Waals surface area (Å²) in [5.41, 5.74) is 8.80. The minimum atomic E-state index is 0.383. The van der Waals surface area contributed by atoms with E-state index in [0.717, 1.165) is 17.7 Å². The molecule has 2 aliphatic rings. The van der Waals surface area contributed by atoms with E-state index in [0.29, 0.717) is 11.3 Å². The summed E-state index contributed by atoms with van der Waals surface area (Å²) < 4.78 is 1.88. The topological polar surface area (TPSA) is 62.1 Å². The number of pyridine rings is 1. The molecule has 0 saturated carbocycles. The molecule has 0 unspecified atom stereocenters. The Morgan fingerprint density at radius 1 is 1.20 bits per heavy atom. The summed E-state index contributed by atoms with van der Waals surface area (Å²) in [6.45, 7) is 12.3. The average molecular weight is 439 g/mol. The first kappa shape index (κ1) is 18.8. The van der Waals surface area contributed by atoms with Gasteiger partial charge < -0.3 is 4.98 Å². The third-order valence-corrected chi connectivity index (χ3v) is 9.29. The Morgan fingerprint density at radius 3 is 2.70 bits per heavy atom. The number of thiazole rings is 1. The maximum atomic E-state index is 5.10. The van der Waals surface area contributed by atoms with Gasteiger partial charge in [0.05, 0.1) is 12.2 Å². The van der Waals surface area contributed by atoms with Crippen LogP contribution in [0.2, 0.25) is 0 Å². The monoisotopic (exact) mass is 438 g/mol. The zero-order valence-electron chi connectivity index (χ0n) is 17.8. The maximum Gasteiger partial charge on any atom is 0.158 e. The number of thioether (sulfide) groups is 1. The van der Waals surface area contributed by atoms with Crippen LogP contribution < -0.4 is 0 Å². The van der Waals surface area contributed by atoms with Crippen molar-refractivity contribution in [2.75, 3.05) is 24.6 Å². The Bertz CT molecular complexity index is 1270. The van der Waals surface area contributed by atoms with Crippen molar-refractivity contribution in [2.45, 2.75) is 40.2 Å². The Kier molecular flexibility index (Phi) is 4.11. The van der Waals surface area contributed by atoms with Crippen molar-refractivity contribution in [3.63, 3.8) is 0 Å². The highest BCUT2D eigenvalue weighted by atomic mass is 32.2. The molecule has 0 bridgehead atoms. The molecule has 6 nitrogen and oxygen atoms in total. The summed E-state index contributed by atoms with van der Waals surface area (Å²) in [7, 11) is 0. The normalized spacial score (nSPS) is 18.6. The lowest BCUT2D eigenvalue weighted by Crippen LogP contribution is -2.62. The summed E-state index contributed by atoms with van der Waals surface area (Å²) >= 11 is 3.90. The van der Waals surface area contributed by atoms with Gasteiger partial charge >= 0.3 is 0 Å². The van der Waals surface area contributed by atoms with Gasteiger partial charge in [0.25, 0.3) is 0 Å². The van der Waals surface area contributed by atoms with Gasteiger partial charge in [-0.3, -0.25) is 4.90 Å². The van der Waals surface area contributed by atoms with Gasteiger partial charge in [-0.1, -0.05) is 25.2 Å². The molecule has 1 spiro atoms. The molecule has 6 heterocycles. The second-order valence-corrected chi connectivity index (χ2v) is 11.4. The van der Waals surface area contributed by atoms with E-state index in [9.17, 15) is 0 Å². The highest BCUT2D eigenvalue weighted by Crippen LogP contribution is 2.46. The lowest BCUT2D eigenvalue weighted by Gasteiger charge is -2.55. The van der Waals surface area contributed by atoms with E-state index in [1.807, 2.05) is 15.9 Å². The van der Waals surface area contributed by atoms with E-state index < -0.39 is 0 Å². The van der Waals surface area contributed by atoms with Gasteiger partial charge in [0, 0.05) is 47.3 Å². The summed E-state index contributed by atoms with van der Waals surface area (Å²) in [6.07, 6.45) is 3.72. The van der Waals surface area contributed by atoms with Crippen molar-refractivity contribution in [1.82, 2.24) is 29.5 Å². The zero-order chi connectivity index (χ0) is 20.6. The van der Waals surface area contributed by atoms with Crippen LogP contribution in [0.15, 0.2) is 12.5 Å². The summed E-state index contributed by atoms with van der Waals surface area (Å²) in [5.74, 6) is 3.07. The predicted molar refractivity (Wildman–Crippen MR) is 125 cm³/mol. The van der Waals surface area contributed by atoms with E-state index in [2.05, 4.69) is 65.6 Å². The number of aromatic nitrogens is 5. The van der Waals surface area contributed by atoms with Gasteiger partial charge in [-0.15, -0.1) is 0 Å². The molecule has 2 saturated heterocycles. The molecule has 2 aliphatic heterocycles. The summed E-state index contributed by atoms with van der Waals surface area (Å²) in [6, 6.07) is 0. The highest BCUT2D eigenvalue weighted by molar-refractivity contribution is 8.00. The van der Waals surface area contributed by atoms with Crippen molar-refractivity contribution >= 4 is 39.1 Å². The average Bonchev–Trinajstić information content (AvgIpc) is 3.32. The van der Waals surface area contributed by atoms with Crippen LogP contribution in [0.4, 0.5) is 0 Å². The van der Waals surface area contributed by atoms with E-state index in [1.165, 1.54) is 62.4 Å². The molecule has 2 fully saturated rings. The van der Waals surface area contributed by atoms with E-state index in [1.54, 1.807) is 6.33 Å². The van der Waals surface area contributed by atoms with Crippen molar-refractivity contribution in [3.05, 3.63) is 34.2 Å². The first-order chi connectivity index (χ1) is 14.4. The molecule has 4 aromatic rings. The van der Waals surface area contributed by atoms with Gasteiger partial charge in [0.2, 0.25) is 0 Å². The fraction of sp³-hybridized carbons (Fsp3) is 0.500. The van der Waals surface area contributed by atoms with Crippen molar-refractivity contribution < 1.29 is 0 Å². The minimum absolute atomic E-state index is 0.383. The molecule has 6 rings (SSSR count). The molecule has 0 aliphatic carbocycles. The van der Waals surface area contributed by atoms with Crippen LogP contribution in [0.5, 0.6) is 0 Å².